The molecule has 1 aliphatic rings. The van der Waals surface area contributed by atoms with Crippen LogP contribution in [0.2, 0.25) is 4.34 Å². The van der Waals surface area contributed by atoms with Crippen LogP contribution in [0.1, 0.15) is 16.9 Å². The number of H-pyrrole nitrogens is 1. The van der Waals surface area contributed by atoms with E-state index in [1.54, 1.807) is 12.1 Å². The molecule has 0 saturated carbocycles. The number of carbonyl (C=O) groups is 1. The Balaban J connectivity index is 1.82. The van der Waals surface area contributed by atoms with Gasteiger partial charge in [-0.3, -0.25) is 4.79 Å². The Hall–Kier alpha value is -1.18. The van der Waals surface area contributed by atoms with Gasteiger partial charge >= 0.3 is 0 Å². The van der Waals surface area contributed by atoms with Crippen LogP contribution in [0, 0.1) is 0 Å². The van der Waals surface area contributed by atoms with Crippen molar-refractivity contribution in [3.63, 3.8) is 0 Å². The molecule has 0 spiro atoms. The molecule has 4 nitrogen and oxygen atoms in total. The summed E-state index contributed by atoms with van der Waals surface area (Å²) in [6, 6.07) is 2.89. The van der Waals surface area contributed by atoms with E-state index in [0.717, 1.165) is 10.2 Å². The standard InChI is InChI=1S/C13H13ClF2N2O2S/c14-10-4-7-3-9(17-12(7)21-10)13(19)18-1-2-20-6-8(18)5-11(15)16/h3-4,8,11,17H,1-2,5-6H2. The molecule has 21 heavy (non-hydrogen) atoms. The van der Waals surface area contributed by atoms with Crippen LogP contribution in [0.4, 0.5) is 8.78 Å². The molecular weight excluding hydrogens is 322 g/mol. The monoisotopic (exact) mass is 334 g/mol. The molecule has 2 aromatic rings. The zero-order valence-corrected chi connectivity index (χ0v) is 12.5. The molecular formula is C13H13ClF2N2O2S. The Labute approximate surface area is 128 Å². The summed E-state index contributed by atoms with van der Waals surface area (Å²) in [4.78, 5) is 17.8. The second-order valence-electron chi connectivity index (χ2n) is 4.87. The van der Waals surface area contributed by atoms with Crippen molar-refractivity contribution in [3.05, 3.63) is 22.2 Å². The Morgan fingerprint density at radius 1 is 1.57 bits per heavy atom. The maximum Gasteiger partial charge on any atom is 0.270 e. The van der Waals surface area contributed by atoms with Gasteiger partial charge in [0.05, 0.1) is 23.6 Å². The fraction of sp³-hybridized carbons (Fsp3) is 0.462. The number of hydrogen-bond donors (Lipinski definition) is 1. The Bertz CT molecular complexity index is 626. The van der Waals surface area contributed by atoms with Gasteiger partial charge in [0.1, 0.15) is 10.5 Å². The van der Waals surface area contributed by atoms with Gasteiger partial charge in [-0.2, -0.15) is 0 Å². The van der Waals surface area contributed by atoms with Gasteiger partial charge in [0.25, 0.3) is 5.91 Å². The number of carbonyl (C=O) groups excluding carboxylic acids is 1. The molecule has 1 unspecified atom stereocenters. The van der Waals surface area contributed by atoms with Gasteiger partial charge in [0.15, 0.2) is 0 Å². The van der Waals surface area contributed by atoms with E-state index in [1.165, 1.54) is 16.2 Å². The molecule has 8 heteroatoms. The molecule has 3 rings (SSSR count). The first kappa shape index (κ1) is 14.7. The minimum absolute atomic E-state index is 0.150. The molecule has 0 aliphatic carbocycles. The van der Waals surface area contributed by atoms with Crippen molar-refractivity contribution in [1.29, 1.82) is 0 Å². The summed E-state index contributed by atoms with van der Waals surface area (Å²) in [6.07, 6.45) is -2.83. The van der Waals surface area contributed by atoms with Crippen LogP contribution < -0.4 is 0 Å². The lowest BCUT2D eigenvalue weighted by atomic mass is 10.1. The van der Waals surface area contributed by atoms with E-state index >= 15 is 0 Å². The third-order valence-corrected chi connectivity index (χ3v) is 4.64. The van der Waals surface area contributed by atoms with Crippen LogP contribution >= 0.6 is 22.9 Å². The molecule has 3 heterocycles. The van der Waals surface area contributed by atoms with E-state index in [1.807, 2.05) is 0 Å². The van der Waals surface area contributed by atoms with Crippen molar-refractivity contribution in [2.24, 2.45) is 0 Å². The number of thiophene rings is 1. The number of rotatable bonds is 3. The van der Waals surface area contributed by atoms with Crippen LogP contribution in [-0.4, -0.2) is 48.0 Å². The number of nitrogens with zero attached hydrogens (tertiary/aromatic N) is 1. The molecule has 114 valence electrons. The number of aromatic nitrogens is 1. The van der Waals surface area contributed by atoms with Crippen molar-refractivity contribution < 1.29 is 18.3 Å². The second kappa shape index (κ2) is 5.90. The minimum Gasteiger partial charge on any atom is -0.377 e. The molecule has 0 radical (unpaired) electrons. The van der Waals surface area contributed by atoms with Crippen LogP contribution in [0.15, 0.2) is 12.1 Å². The van der Waals surface area contributed by atoms with Gasteiger partial charge in [-0.05, 0) is 12.1 Å². The first-order valence-corrected chi connectivity index (χ1v) is 7.69. The second-order valence-corrected chi connectivity index (χ2v) is 6.56. The van der Waals surface area contributed by atoms with Crippen molar-refractivity contribution in [3.8, 4) is 0 Å². The number of halogens is 3. The maximum absolute atomic E-state index is 12.6. The quantitative estimate of drug-likeness (QED) is 0.935. The molecule has 1 atom stereocenters. The molecule has 2 aromatic heterocycles. The average Bonchev–Trinajstić information content (AvgIpc) is 2.95. The predicted molar refractivity (Wildman–Crippen MR) is 77.5 cm³/mol. The van der Waals surface area contributed by atoms with Crippen molar-refractivity contribution in [2.45, 2.75) is 18.9 Å². The van der Waals surface area contributed by atoms with Gasteiger partial charge in [0.2, 0.25) is 6.43 Å². The fourth-order valence-corrected chi connectivity index (χ4v) is 3.61. The summed E-state index contributed by atoms with van der Waals surface area (Å²) in [5.41, 5.74) is 0.397. The molecule has 1 N–H and O–H groups in total. The summed E-state index contributed by atoms with van der Waals surface area (Å²) < 4.78 is 31.1. The highest BCUT2D eigenvalue weighted by atomic mass is 35.5. The number of nitrogens with one attached hydrogen (secondary N) is 1. The summed E-state index contributed by atoms with van der Waals surface area (Å²) in [5.74, 6) is -0.275. The molecule has 1 saturated heterocycles. The summed E-state index contributed by atoms with van der Waals surface area (Å²) in [7, 11) is 0. The van der Waals surface area contributed by atoms with E-state index in [9.17, 15) is 13.6 Å². The average molecular weight is 335 g/mol. The number of fused-ring (bicyclic) bond motifs is 1. The molecule has 1 fully saturated rings. The maximum atomic E-state index is 12.6. The van der Waals surface area contributed by atoms with Gasteiger partial charge in [-0.25, -0.2) is 8.78 Å². The zero-order valence-electron chi connectivity index (χ0n) is 10.9. The fourth-order valence-electron chi connectivity index (χ4n) is 2.49. The Morgan fingerprint density at radius 2 is 2.38 bits per heavy atom. The Kier molecular flexibility index (Phi) is 4.14. The largest absolute Gasteiger partial charge is 0.377 e. The lowest BCUT2D eigenvalue weighted by Gasteiger charge is -2.35. The molecule has 1 aliphatic heterocycles. The summed E-state index contributed by atoms with van der Waals surface area (Å²) in [5, 5.41) is 0.854. The van der Waals surface area contributed by atoms with Crippen LogP contribution in [0.3, 0.4) is 0 Å². The van der Waals surface area contributed by atoms with Gasteiger partial charge in [0, 0.05) is 18.4 Å². The molecule has 0 bridgehead atoms. The van der Waals surface area contributed by atoms with E-state index in [2.05, 4.69) is 4.98 Å². The van der Waals surface area contributed by atoms with Gasteiger partial charge in [-0.15, -0.1) is 11.3 Å². The highest BCUT2D eigenvalue weighted by Gasteiger charge is 2.31. The third-order valence-electron chi connectivity index (χ3n) is 3.45. The van der Waals surface area contributed by atoms with Gasteiger partial charge < -0.3 is 14.6 Å². The van der Waals surface area contributed by atoms with Crippen molar-refractivity contribution in [2.75, 3.05) is 19.8 Å². The first-order valence-electron chi connectivity index (χ1n) is 6.49. The topological polar surface area (TPSA) is 45.3 Å². The van der Waals surface area contributed by atoms with E-state index < -0.39 is 12.5 Å². The smallest absolute Gasteiger partial charge is 0.270 e. The van der Waals surface area contributed by atoms with Crippen LogP contribution in [-0.2, 0) is 4.74 Å². The number of amides is 1. The van der Waals surface area contributed by atoms with E-state index in [4.69, 9.17) is 16.3 Å². The van der Waals surface area contributed by atoms with Crippen LogP contribution in [0.5, 0.6) is 0 Å². The number of ether oxygens (including phenoxy) is 1. The number of hydrogen-bond acceptors (Lipinski definition) is 3. The third kappa shape index (κ3) is 3.04. The van der Waals surface area contributed by atoms with Crippen LogP contribution in [0.25, 0.3) is 10.2 Å². The number of morpholine rings is 1. The van der Waals surface area contributed by atoms with E-state index in [0.29, 0.717) is 23.2 Å². The highest BCUT2D eigenvalue weighted by Crippen LogP contribution is 2.30. The minimum atomic E-state index is -2.46. The van der Waals surface area contributed by atoms with Gasteiger partial charge in [-0.1, -0.05) is 11.6 Å². The van der Waals surface area contributed by atoms with E-state index in [-0.39, 0.29) is 18.9 Å². The van der Waals surface area contributed by atoms with Crippen molar-refractivity contribution in [1.82, 2.24) is 9.88 Å². The summed E-state index contributed by atoms with van der Waals surface area (Å²) >= 11 is 7.23. The number of aromatic amines is 1. The molecule has 1 amide bonds. The Morgan fingerprint density at radius 3 is 3.10 bits per heavy atom. The normalized spacial score (nSPS) is 19.6. The summed E-state index contributed by atoms with van der Waals surface area (Å²) in [6.45, 7) is 0.840. The first-order chi connectivity index (χ1) is 10.0. The van der Waals surface area contributed by atoms with Crippen molar-refractivity contribution >= 4 is 39.1 Å². The number of alkyl halides is 2. The predicted octanol–water partition coefficient (Wildman–Crippen LogP) is 3.38. The lowest BCUT2D eigenvalue weighted by molar-refractivity contribution is -0.0218. The highest BCUT2D eigenvalue weighted by molar-refractivity contribution is 7.22. The molecule has 0 aromatic carbocycles. The SMILES string of the molecule is O=C(c1cc2cc(Cl)sc2[nH]1)N1CCOCC1CC(F)F. The lowest BCUT2D eigenvalue weighted by Crippen LogP contribution is -2.49. The zero-order chi connectivity index (χ0) is 15.0.